The minimum absolute atomic E-state index is 0.0322. The van der Waals surface area contributed by atoms with Crippen LogP contribution in [-0.4, -0.2) is 15.5 Å². The summed E-state index contributed by atoms with van der Waals surface area (Å²) in [5, 5.41) is 10.7. The van der Waals surface area contributed by atoms with E-state index in [1.165, 1.54) is 5.56 Å². The van der Waals surface area contributed by atoms with Crippen molar-refractivity contribution in [3.05, 3.63) is 90.0 Å². The number of aromatic nitrogens is 2. The Kier molecular flexibility index (Phi) is 4.20. The van der Waals surface area contributed by atoms with Crippen LogP contribution in [0.4, 0.5) is 0 Å². The molecule has 2 aromatic heterocycles. The Bertz CT molecular complexity index is 868. The Labute approximate surface area is 147 Å². The number of hydrogen-bond acceptors (Lipinski definition) is 2. The molecule has 0 radical (unpaired) electrons. The molecule has 4 heteroatoms. The molecule has 0 saturated carbocycles. The van der Waals surface area contributed by atoms with Crippen LogP contribution in [0.1, 0.15) is 34.1 Å². The zero-order valence-electron chi connectivity index (χ0n) is 14.0. The largest absolute Gasteiger partial charge is 0.388 e. The smallest absolute Gasteiger partial charge is 0.185 e. The number of nitrogens with zero attached hydrogens (tertiary/aromatic N) is 2. The highest BCUT2D eigenvalue weighted by Crippen LogP contribution is 2.31. The van der Waals surface area contributed by atoms with E-state index in [4.69, 9.17) is 0 Å². The molecule has 0 bridgehead atoms. The summed E-state index contributed by atoms with van der Waals surface area (Å²) in [6.45, 7) is 1.56. The maximum Gasteiger partial charge on any atom is 0.185 e. The van der Waals surface area contributed by atoms with E-state index < -0.39 is 6.10 Å². The van der Waals surface area contributed by atoms with E-state index in [2.05, 4.69) is 16.7 Å². The molecule has 1 aliphatic rings. The molecule has 4 nitrogen and oxygen atoms in total. The van der Waals surface area contributed by atoms with Crippen molar-refractivity contribution in [2.45, 2.75) is 25.6 Å². The van der Waals surface area contributed by atoms with E-state index in [0.29, 0.717) is 12.1 Å². The second kappa shape index (κ2) is 6.65. The first-order valence-electron chi connectivity index (χ1n) is 8.63. The lowest BCUT2D eigenvalue weighted by molar-refractivity contribution is -0.688. The Hall–Kier alpha value is -2.72. The van der Waals surface area contributed by atoms with Crippen LogP contribution in [0.5, 0.6) is 0 Å². The first kappa shape index (κ1) is 15.8. The highest BCUT2D eigenvalue weighted by molar-refractivity contribution is 5.97. The lowest BCUT2D eigenvalue weighted by atomic mass is 9.86. The molecule has 0 amide bonds. The van der Waals surface area contributed by atoms with Gasteiger partial charge in [0.1, 0.15) is 0 Å². The molecule has 1 aromatic carbocycles. The van der Waals surface area contributed by atoms with E-state index >= 15 is 0 Å². The number of carbonyl (C=O) groups excluding carboxylic acids is 1. The second-order valence-corrected chi connectivity index (χ2v) is 6.58. The number of pyridine rings is 1. The lowest BCUT2D eigenvalue weighted by Gasteiger charge is -2.27. The van der Waals surface area contributed by atoms with E-state index in [9.17, 15) is 9.90 Å². The Morgan fingerprint density at radius 1 is 1.08 bits per heavy atom. The predicted molar refractivity (Wildman–Crippen MR) is 94.0 cm³/mol. The molecule has 0 aliphatic carbocycles. The molecule has 1 aliphatic heterocycles. The van der Waals surface area contributed by atoms with Crippen molar-refractivity contribution in [2.75, 3.05) is 0 Å². The first-order chi connectivity index (χ1) is 12.2. The Balaban J connectivity index is 1.49. The molecule has 3 aromatic rings. The Morgan fingerprint density at radius 2 is 1.84 bits per heavy atom. The van der Waals surface area contributed by atoms with Crippen molar-refractivity contribution in [3.8, 4) is 0 Å². The van der Waals surface area contributed by atoms with Crippen LogP contribution in [0.3, 0.4) is 0 Å². The van der Waals surface area contributed by atoms with Crippen molar-refractivity contribution in [1.29, 1.82) is 0 Å². The van der Waals surface area contributed by atoms with E-state index in [-0.39, 0.29) is 11.7 Å². The fraction of sp³-hybridized carbons (Fsp3) is 0.238. The number of fused-ring (bicyclic) bond motifs is 1. The molecule has 0 saturated heterocycles. The Morgan fingerprint density at radius 3 is 2.60 bits per heavy atom. The number of carbonyl (C=O) groups is 1. The van der Waals surface area contributed by atoms with Gasteiger partial charge < -0.3 is 9.67 Å². The van der Waals surface area contributed by atoms with Gasteiger partial charge in [0, 0.05) is 30.4 Å². The molecule has 4 rings (SSSR count). The molecular weight excluding hydrogens is 312 g/mol. The maximum atomic E-state index is 12.6. The standard InChI is InChI=1S/C21H21N2O2/c24-20(18-10-14-23-11-4-7-19(23)21(18)25)17-8-12-22(13-9-17)15-16-5-2-1-3-6-16/h1-9,11-13,18,20,24H,10,14-15H2/q+1. The topological polar surface area (TPSA) is 46.1 Å². The van der Waals surface area contributed by atoms with Crippen molar-refractivity contribution in [1.82, 2.24) is 4.57 Å². The third kappa shape index (κ3) is 3.13. The van der Waals surface area contributed by atoms with Crippen LogP contribution in [-0.2, 0) is 13.1 Å². The zero-order valence-corrected chi connectivity index (χ0v) is 14.0. The molecule has 1 N–H and O–H groups in total. The van der Waals surface area contributed by atoms with Gasteiger partial charge in [0.05, 0.1) is 17.7 Å². The van der Waals surface area contributed by atoms with Crippen LogP contribution >= 0.6 is 0 Å². The third-order valence-corrected chi connectivity index (χ3v) is 4.95. The number of aryl methyl sites for hydroxylation is 1. The van der Waals surface area contributed by atoms with Gasteiger partial charge in [-0.2, -0.15) is 0 Å². The van der Waals surface area contributed by atoms with E-state index in [0.717, 1.165) is 18.7 Å². The number of rotatable bonds is 4. The molecule has 2 atom stereocenters. The molecule has 126 valence electrons. The number of aliphatic hydroxyl groups is 1. The van der Waals surface area contributed by atoms with Crippen molar-refractivity contribution in [2.24, 2.45) is 5.92 Å². The van der Waals surface area contributed by atoms with Crippen LogP contribution < -0.4 is 4.57 Å². The maximum absolute atomic E-state index is 12.6. The van der Waals surface area contributed by atoms with Gasteiger partial charge in [-0.15, -0.1) is 0 Å². The molecular formula is C21H21N2O2+. The van der Waals surface area contributed by atoms with Crippen molar-refractivity contribution in [3.63, 3.8) is 0 Å². The summed E-state index contributed by atoms with van der Waals surface area (Å²) >= 11 is 0. The normalized spacial score (nSPS) is 18.0. The van der Waals surface area contributed by atoms with Gasteiger partial charge in [0.25, 0.3) is 0 Å². The zero-order chi connectivity index (χ0) is 17.2. The van der Waals surface area contributed by atoms with Crippen LogP contribution in [0, 0.1) is 5.92 Å². The highest BCUT2D eigenvalue weighted by atomic mass is 16.3. The quantitative estimate of drug-likeness (QED) is 0.746. The van der Waals surface area contributed by atoms with E-state index in [1.54, 1.807) is 0 Å². The predicted octanol–water partition coefficient (Wildman–Crippen LogP) is 2.76. The molecule has 0 spiro atoms. The monoisotopic (exact) mass is 333 g/mol. The average molecular weight is 333 g/mol. The summed E-state index contributed by atoms with van der Waals surface area (Å²) in [5.41, 5.74) is 2.72. The summed E-state index contributed by atoms with van der Waals surface area (Å²) in [6.07, 6.45) is 5.75. The van der Waals surface area contributed by atoms with Gasteiger partial charge in [0.2, 0.25) is 0 Å². The first-order valence-corrected chi connectivity index (χ1v) is 8.63. The fourth-order valence-corrected chi connectivity index (χ4v) is 3.53. The second-order valence-electron chi connectivity index (χ2n) is 6.58. The lowest BCUT2D eigenvalue weighted by Crippen LogP contribution is -2.34. The van der Waals surface area contributed by atoms with Crippen LogP contribution in [0.25, 0.3) is 0 Å². The van der Waals surface area contributed by atoms with Crippen LogP contribution in [0.15, 0.2) is 73.2 Å². The van der Waals surface area contributed by atoms with Gasteiger partial charge >= 0.3 is 0 Å². The molecule has 2 unspecified atom stereocenters. The highest BCUT2D eigenvalue weighted by Gasteiger charge is 2.33. The molecule has 0 fully saturated rings. The fourth-order valence-electron chi connectivity index (χ4n) is 3.53. The summed E-state index contributed by atoms with van der Waals surface area (Å²) in [6, 6.07) is 17.8. The number of Topliss-reactive ketones (excluding diaryl/α,β-unsaturated/α-hetero) is 1. The van der Waals surface area contributed by atoms with Crippen molar-refractivity contribution >= 4 is 5.78 Å². The van der Waals surface area contributed by atoms with Crippen LogP contribution in [0.2, 0.25) is 0 Å². The summed E-state index contributed by atoms with van der Waals surface area (Å²) in [5.74, 6) is -0.336. The third-order valence-electron chi connectivity index (χ3n) is 4.95. The number of aliphatic hydroxyl groups excluding tert-OH is 1. The van der Waals surface area contributed by atoms with Gasteiger partial charge in [-0.3, -0.25) is 4.79 Å². The number of hydrogen-bond donors (Lipinski definition) is 1. The number of benzene rings is 1. The minimum Gasteiger partial charge on any atom is -0.388 e. The van der Waals surface area contributed by atoms with E-state index in [1.807, 2.05) is 65.6 Å². The SMILES string of the molecule is O=C1c2cccn2CCC1C(O)c1cc[n+](Cc2ccccc2)cc1. The molecule has 25 heavy (non-hydrogen) atoms. The molecule has 3 heterocycles. The number of ketones is 1. The van der Waals surface area contributed by atoms with Crippen molar-refractivity contribution < 1.29 is 14.5 Å². The summed E-state index contributed by atoms with van der Waals surface area (Å²) < 4.78 is 4.03. The van der Waals surface area contributed by atoms with Gasteiger partial charge in [-0.05, 0) is 24.1 Å². The minimum atomic E-state index is -0.762. The summed E-state index contributed by atoms with van der Waals surface area (Å²) in [7, 11) is 0. The van der Waals surface area contributed by atoms with Gasteiger partial charge in [0.15, 0.2) is 24.7 Å². The average Bonchev–Trinajstić information content (AvgIpc) is 3.13. The summed E-state index contributed by atoms with van der Waals surface area (Å²) in [4.78, 5) is 12.6. The van der Waals surface area contributed by atoms with Gasteiger partial charge in [-0.1, -0.05) is 30.3 Å². The van der Waals surface area contributed by atoms with Gasteiger partial charge in [-0.25, -0.2) is 4.57 Å².